The van der Waals surface area contributed by atoms with Crippen molar-refractivity contribution >= 4 is 23.0 Å². The first-order valence-corrected chi connectivity index (χ1v) is 8.98. The molecule has 1 aromatic carbocycles. The minimum atomic E-state index is 0.285. The molecule has 2 atom stereocenters. The van der Waals surface area contributed by atoms with Gasteiger partial charge in [0.25, 0.3) is 0 Å². The molecule has 23 heavy (non-hydrogen) atoms. The molecule has 4 nitrogen and oxygen atoms in total. The Morgan fingerprint density at radius 3 is 2.26 bits per heavy atom. The molecule has 2 fully saturated rings. The summed E-state index contributed by atoms with van der Waals surface area (Å²) < 4.78 is 11.6. The molecule has 0 aromatic heterocycles. The van der Waals surface area contributed by atoms with Crippen LogP contribution in [0.5, 0.6) is 0 Å². The van der Waals surface area contributed by atoms with Gasteiger partial charge < -0.3 is 19.7 Å². The van der Waals surface area contributed by atoms with Crippen LogP contribution in [0.1, 0.15) is 31.2 Å². The van der Waals surface area contributed by atoms with Crippen LogP contribution in [0, 0.1) is 6.92 Å². The average Bonchev–Trinajstić information content (AvgIpc) is 3.22. The maximum atomic E-state index is 5.80. The van der Waals surface area contributed by atoms with Crippen LogP contribution in [0.4, 0.5) is 5.69 Å². The maximum Gasteiger partial charge on any atom is 0.173 e. The van der Waals surface area contributed by atoms with Crippen molar-refractivity contribution in [3.05, 3.63) is 29.8 Å². The van der Waals surface area contributed by atoms with Gasteiger partial charge in [-0.2, -0.15) is 0 Å². The van der Waals surface area contributed by atoms with Gasteiger partial charge in [-0.25, -0.2) is 0 Å². The largest absolute Gasteiger partial charge is 0.376 e. The molecule has 1 N–H and O–H groups in total. The van der Waals surface area contributed by atoms with E-state index in [4.69, 9.17) is 21.7 Å². The molecule has 0 amide bonds. The third kappa shape index (κ3) is 4.66. The number of benzene rings is 1. The lowest BCUT2D eigenvalue weighted by molar-refractivity contribution is 0.0619. The van der Waals surface area contributed by atoms with Crippen LogP contribution in [-0.4, -0.2) is 48.5 Å². The van der Waals surface area contributed by atoms with Crippen LogP contribution in [0.15, 0.2) is 24.3 Å². The van der Waals surface area contributed by atoms with E-state index in [1.165, 1.54) is 5.56 Å². The van der Waals surface area contributed by atoms with Crippen molar-refractivity contribution in [1.29, 1.82) is 0 Å². The second-order valence-electron chi connectivity index (χ2n) is 6.42. The summed E-state index contributed by atoms with van der Waals surface area (Å²) in [6, 6.07) is 8.23. The summed E-state index contributed by atoms with van der Waals surface area (Å²) in [7, 11) is 0. The number of nitrogens with zero attached hydrogens (tertiary/aromatic N) is 1. The highest BCUT2D eigenvalue weighted by Crippen LogP contribution is 2.19. The van der Waals surface area contributed by atoms with E-state index in [1.807, 2.05) is 12.1 Å². The zero-order valence-electron chi connectivity index (χ0n) is 13.8. The molecule has 5 heteroatoms. The Kier molecular flexibility index (Phi) is 5.86. The van der Waals surface area contributed by atoms with Crippen molar-refractivity contribution in [3.8, 4) is 0 Å². The molecule has 0 saturated carbocycles. The molecule has 0 unspecified atom stereocenters. The fourth-order valence-electron chi connectivity index (χ4n) is 3.22. The van der Waals surface area contributed by atoms with Crippen LogP contribution in [0.25, 0.3) is 0 Å². The number of aryl methyl sites for hydroxylation is 1. The zero-order valence-corrected chi connectivity index (χ0v) is 14.6. The Bertz CT molecular complexity index is 508. The number of para-hydroxylation sites is 1. The summed E-state index contributed by atoms with van der Waals surface area (Å²) in [4.78, 5) is 2.23. The molecule has 0 bridgehead atoms. The molecule has 2 heterocycles. The van der Waals surface area contributed by atoms with Crippen molar-refractivity contribution in [2.45, 2.75) is 44.8 Å². The van der Waals surface area contributed by atoms with E-state index in [0.29, 0.717) is 0 Å². The molecule has 2 aliphatic rings. The quantitative estimate of drug-likeness (QED) is 0.835. The number of hydrogen-bond donors (Lipinski definition) is 1. The Hall–Kier alpha value is -1.17. The van der Waals surface area contributed by atoms with Crippen LogP contribution in [0.3, 0.4) is 0 Å². The third-order valence-corrected chi connectivity index (χ3v) is 4.93. The van der Waals surface area contributed by atoms with Gasteiger partial charge in [-0.15, -0.1) is 0 Å². The number of hydrogen-bond acceptors (Lipinski definition) is 3. The number of ether oxygens (including phenoxy) is 2. The zero-order chi connectivity index (χ0) is 16.1. The fourth-order valence-corrected chi connectivity index (χ4v) is 3.48. The molecule has 0 spiro atoms. The van der Waals surface area contributed by atoms with Gasteiger partial charge in [0, 0.05) is 32.0 Å². The minimum Gasteiger partial charge on any atom is -0.376 e. The van der Waals surface area contributed by atoms with Crippen LogP contribution in [-0.2, 0) is 9.47 Å². The summed E-state index contributed by atoms with van der Waals surface area (Å²) in [5, 5.41) is 4.17. The average molecular weight is 334 g/mol. The molecular formula is C18H26N2O2S. The van der Waals surface area contributed by atoms with E-state index in [9.17, 15) is 0 Å². The summed E-state index contributed by atoms with van der Waals surface area (Å²) in [5.74, 6) is 0. The van der Waals surface area contributed by atoms with E-state index in [2.05, 4.69) is 29.3 Å². The first-order valence-electron chi connectivity index (χ1n) is 8.57. The molecule has 126 valence electrons. The monoisotopic (exact) mass is 334 g/mol. The van der Waals surface area contributed by atoms with Gasteiger partial charge in [0.1, 0.15) is 0 Å². The normalized spacial score (nSPS) is 23.9. The predicted octanol–water partition coefficient (Wildman–Crippen LogP) is 3.35. The van der Waals surface area contributed by atoms with Crippen molar-refractivity contribution in [2.24, 2.45) is 0 Å². The standard InChI is InChI=1S/C18H26N2O2S/c1-14-6-2-3-9-17(14)19-18(23)20(12-15-7-4-10-21-15)13-16-8-5-11-22-16/h2-3,6,9,15-16H,4-5,7-8,10-13H2,1H3,(H,19,23)/t15-,16-/m1/s1. The Labute approximate surface area is 144 Å². The predicted molar refractivity (Wildman–Crippen MR) is 96.9 cm³/mol. The van der Waals surface area contributed by atoms with Crippen LogP contribution >= 0.6 is 12.2 Å². The smallest absolute Gasteiger partial charge is 0.173 e. The van der Waals surface area contributed by atoms with Gasteiger partial charge in [0.05, 0.1) is 12.2 Å². The van der Waals surface area contributed by atoms with E-state index in [-0.39, 0.29) is 12.2 Å². The van der Waals surface area contributed by atoms with E-state index < -0.39 is 0 Å². The summed E-state index contributed by atoms with van der Waals surface area (Å²) >= 11 is 5.69. The first kappa shape index (κ1) is 16.7. The molecule has 1 aromatic rings. The second-order valence-corrected chi connectivity index (χ2v) is 6.81. The van der Waals surface area contributed by atoms with Gasteiger partial charge in [-0.05, 0) is 56.5 Å². The highest BCUT2D eigenvalue weighted by Gasteiger charge is 2.25. The van der Waals surface area contributed by atoms with Crippen molar-refractivity contribution in [2.75, 3.05) is 31.6 Å². The number of thiocarbonyl (C=S) groups is 1. The molecule has 2 aliphatic heterocycles. The van der Waals surface area contributed by atoms with Gasteiger partial charge in [0.2, 0.25) is 0 Å². The lowest BCUT2D eigenvalue weighted by Gasteiger charge is -2.30. The Balaban J connectivity index is 1.65. The number of rotatable bonds is 5. The van der Waals surface area contributed by atoms with Crippen molar-refractivity contribution in [1.82, 2.24) is 4.90 Å². The number of anilines is 1. The molecule has 0 aliphatic carbocycles. The van der Waals surface area contributed by atoms with Gasteiger partial charge >= 0.3 is 0 Å². The third-order valence-electron chi connectivity index (χ3n) is 4.57. The lowest BCUT2D eigenvalue weighted by Crippen LogP contribution is -2.44. The Morgan fingerprint density at radius 2 is 1.74 bits per heavy atom. The molecule has 2 saturated heterocycles. The lowest BCUT2D eigenvalue weighted by atomic mass is 10.2. The van der Waals surface area contributed by atoms with Crippen LogP contribution in [0.2, 0.25) is 0 Å². The fraction of sp³-hybridized carbons (Fsp3) is 0.611. The van der Waals surface area contributed by atoms with Gasteiger partial charge in [-0.1, -0.05) is 18.2 Å². The summed E-state index contributed by atoms with van der Waals surface area (Å²) in [6.45, 7) is 5.53. The van der Waals surface area contributed by atoms with Crippen molar-refractivity contribution < 1.29 is 9.47 Å². The van der Waals surface area contributed by atoms with Crippen LogP contribution < -0.4 is 5.32 Å². The second kappa shape index (κ2) is 8.08. The summed E-state index contributed by atoms with van der Waals surface area (Å²) in [5.41, 5.74) is 2.27. The summed E-state index contributed by atoms with van der Waals surface area (Å²) in [6.07, 6.45) is 5.11. The van der Waals surface area contributed by atoms with Gasteiger partial charge in [0.15, 0.2) is 5.11 Å². The SMILES string of the molecule is Cc1ccccc1NC(=S)N(C[C@H]1CCCO1)C[C@H]1CCCO1. The van der Waals surface area contributed by atoms with E-state index in [0.717, 1.165) is 62.8 Å². The first-order chi connectivity index (χ1) is 11.2. The minimum absolute atomic E-state index is 0.285. The van der Waals surface area contributed by atoms with E-state index >= 15 is 0 Å². The Morgan fingerprint density at radius 1 is 1.13 bits per heavy atom. The van der Waals surface area contributed by atoms with Crippen molar-refractivity contribution in [3.63, 3.8) is 0 Å². The maximum absolute atomic E-state index is 5.80. The van der Waals surface area contributed by atoms with Gasteiger partial charge in [-0.3, -0.25) is 0 Å². The molecule has 3 rings (SSSR count). The molecular weight excluding hydrogens is 308 g/mol. The molecule has 0 radical (unpaired) electrons. The highest BCUT2D eigenvalue weighted by atomic mass is 32.1. The van der Waals surface area contributed by atoms with E-state index in [1.54, 1.807) is 0 Å². The topological polar surface area (TPSA) is 33.7 Å². The number of nitrogens with one attached hydrogen (secondary N) is 1. The highest BCUT2D eigenvalue weighted by molar-refractivity contribution is 7.80.